The van der Waals surface area contributed by atoms with E-state index in [1.165, 1.54) is 10.5 Å². The molecule has 3 aromatic rings. The van der Waals surface area contributed by atoms with Gasteiger partial charge >= 0.3 is 0 Å². The minimum absolute atomic E-state index is 0.0155. The fraction of sp³-hybridized carbons (Fsp3) is 0.269. The summed E-state index contributed by atoms with van der Waals surface area (Å²) in [6, 6.07) is 17.8. The second-order valence-corrected chi connectivity index (χ2v) is 9.49. The first-order chi connectivity index (χ1) is 16.0. The normalized spacial score (nSPS) is 15.7. The Bertz CT molecular complexity index is 1180. The molecule has 1 aliphatic heterocycles. The fourth-order valence-corrected chi connectivity index (χ4v) is 5.18. The number of rotatable bonds is 6. The van der Waals surface area contributed by atoms with Crippen molar-refractivity contribution < 1.29 is 19.0 Å². The number of hydrogen-bond acceptors (Lipinski definition) is 5. The first-order valence-corrected chi connectivity index (χ1v) is 12.5. The molecule has 3 aromatic carbocycles. The zero-order valence-electron chi connectivity index (χ0n) is 19.1. The number of anilines is 1. The second-order valence-electron chi connectivity index (χ2n) is 7.73. The van der Waals surface area contributed by atoms with Crippen molar-refractivity contribution in [2.75, 3.05) is 32.0 Å². The van der Waals surface area contributed by atoms with Crippen LogP contribution in [0.3, 0.4) is 0 Å². The Balaban J connectivity index is 1.80. The highest BCUT2D eigenvalue weighted by Gasteiger charge is 2.31. The highest BCUT2D eigenvalue weighted by Crippen LogP contribution is 2.41. The maximum atomic E-state index is 13.3. The van der Waals surface area contributed by atoms with Crippen LogP contribution in [0.15, 0.2) is 64.0 Å². The van der Waals surface area contributed by atoms with E-state index in [2.05, 4.69) is 41.2 Å². The summed E-state index contributed by atoms with van der Waals surface area (Å²) in [5.41, 5.74) is 4.90. The molecule has 1 aliphatic rings. The van der Waals surface area contributed by atoms with Gasteiger partial charge in [0.25, 0.3) is 5.91 Å². The summed E-state index contributed by atoms with van der Waals surface area (Å²) >= 11 is 5.31. The van der Waals surface area contributed by atoms with E-state index < -0.39 is 0 Å². The van der Waals surface area contributed by atoms with Crippen molar-refractivity contribution in [1.29, 1.82) is 0 Å². The number of benzene rings is 3. The Morgan fingerprint density at radius 1 is 1.09 bits per heavy atom. The van der Waals surface area contributed by atoms with Gasteiger partial charge in [-0.2, -0.15) is 0 Å². The van der Waals surface area contributed by atoms with Crippen LogP contribution in [0.25, 0.3) is 0 Å². The molecule has 0 spiro atoms. The van der Waals surface area contributed by atoms with Crippen LogP contribution in [0.2, 0.25) is 0 Å². The third-order valence-electron chi connectivity index (χ3n) is 5.89. The molecule has 4 rings (SSSR count). The van der Waals surface area contributed by atoms with E-state index >= 15 is 0 Å². The van der Waals surface area contributed by atoms with E-state index in [1.54, 1.807) is 30.9 Å². The zero-order chi connectivity index (χ0) is 23.5. The molecule has 7 heteroatoms. The van der Waals surface area contributed by atoms with Gasteiger partial charge in [0.05, 0.1) is 26.5 Å². The zero-order valence-corrected chi connectivity index (χ0v) is 21.5. The molecular weight excluding hydrogens is 502 g/mol. The average Bonchev–Trinajstić information content (AvgIpc) is 2.96. The first-order valence-electron chi connectivity index (χ1n) is 10.5. The summed E-state index contributed by atoms with van der Waals surface area (Å²) in [5.74, 6) is 1.28. The van der Waals surface area contributed by atoms with Gasteiger partial charge < -0.3 is 19.1 Å². The van der Waals surface area contributed by atoms with Crippen molar-refractivity contribution in [3.63, 3.8) is 0 Å². The van der Waals surface area contributed by atoms with Crippen LogP contribution >= 0.6 is 27.7 Å². The molecule has 0 unspecified atom stereocenters. The Hall–Kier alpha value is -2.48. The van der Waals surface area contributed by atoms with Crippen molar-refractivity contribution in [2.45, 2.75) is 24.5 Å². The summed E-state index contributed by atoms with van der Waals surface area (Å²) in [5, 5.41) is 0. The van der Waals surface area contributed by atoms with E-state index in [1.807, 2.05) is 42.5 Å². The number of amides is 1. The van der Waals surface area contributed by atoms with Crippen LogP contribution in [0.5, 0.6) is 11.5 Å². The summed E-state index contributed by atoms with van der Waals surface area (Å²) in [6.45, 7) is 2.45. The number of nitrogens with zero attached hydrogens (tertiary/aromatic N) is 1. The fourth-order valence-electron chi connectivity index (χ4n) is 4.16. The van der Waals surface area contributed by atoms with E-state index in [0.717, 1.165) is 26.9 Å². The molecule has 0 radical (unpaired) electrons. The Morgan fingerprint density at radius 2 is 1.91 bits per heavy atom. The van der Waals surface area contributed by atoms with Crippen molar-refractivity contribution in [3.05, 3.63) is 81.3 Å². The molecule has 1 amide bonds. The molecule has 1 atom stereocenters. The summed E-state index contributed by atoms with van der Waals surface area (Å²) < 4.78 is 18.1. The highest BCUT2D eigenvalue weighted by molar-refractivity contribution is 9.10. The Morgan fingerprint density at radius 3 is 2.64 bits per heavy atom. The number of carbonyl (C=O) groups excluding carboxylic acids is 1. The van der Waals surface area contributed by atoms with Crippen LogP contribution in [0.1, 0.15) is 28.4 Å². The van der Waals surface area contributed by atoms with Crippen LogP contribution < -0.4 is 14.4 Å². The van der Waals surface area contributed by atoms with Crippen LogP contribution in [-0.4, -0.2) is 33.0 Å². The van der Waals surface area contributed by atoms with Gasteiger partial charge in [-0.1, -0.05) is 28.1 Å². The monoisotopic (exact) mass is 527 g/mol. The molecule has 5 nitrogen and oxygen atoms in total. The molecule has 0 N–H and O–H groups in total. The summed E-state index contributed by atoms with van der Waals surface area (Å²) in [6.07, 6.45) is 1.72. The topological polar surface area (TPSA) is 48.0 Å². The van der Waals surface area contributed by atoms with E-state index in [9.17, 15) is 4.79 Å². The molecule has 172 valence electrons. The van der Waals surface area contributed by atoms with Gasteiger partial charge in [0.15, 0.2) is 0 Å². The predicted molar refractivity (Wildman–Crippen MR) is 136 cm³/mol. The molecular formula is C26H26BrNO4S. The average molecular weight is 528 g/mol. The van der Waals surface area contributed by atoms with E-state index in [0.29, 0.717) is 18.0 Å². The van der Waals surface area contributed by atoms with Crippen molar-refractivity contribution in [2.24, 2.45) is 0 Å². The largest absolute Gasteiger partial charge is 0.497 e. The quantitative estimate of drug-likeness (QED) is 0.360. The predicted octanol–water partition coefficient (Wildman–Crippen LogP) is 6.15. The number of ether oxygens (including phenoxy) is 3. The second kappa shape index (κ2) is 10.2. The number of methoxy groups -OCH3 is 2. The van der Waals surface area contributed by atoms with Crippen molar-refractivity contribution in [1.82, 2.24) is 0 Å². The molecule has 0 aromatic heterocycles. The number of hydrogen-bond donors (Lipinski definition) is 0. The Labute approximate surface area is 207 Å². The molecule has 0 saturated heterocycles. The molecule has 0 aliphatic carbocycles. The number of thioether (sulfide) groups is 1. The molecule has 0 fully saturated rings. The maximum Gasteiger partial charge on any atom is 0.253 e. The Kier molecular flexibility index (Phi) is 7.32. The molecule has 1 heterocycles. The highest BCUT2D eigenvalue weighted by atomic mass is 79.9. The van der Waals surface area contributed by atoms with Crippen LogP contribution in [0, 0.1) is 6.92 Å². The van der Waals surface area contributed by atoms with Gasteiger partial charge in [0.1, 0.15) is 24.2 Å². The summed E-state index contributed by atoms with van der Waals surface area (Å²) in [4.78, 5) is 16.3. The number of fused-ring (bicyclic) bond motifs is 1. The van der Waals surface area contributed by atoms with Gasteiger partial charge in [-0.3, -0.25) is 4.79 Å². The standard InChI is InChI=1S/C26H26BrNO4S/c1-16-20(6-5-7-24(16)33-4)26-21-12-18(27)9-11-22(21)28(25(29)15-32-26)14-17-8-10-19(30-2)13-23(17)31-3/h5-13,26H,14-15H2,1-4H3/t26-/m1/s1. The SMILES string of the molecule is COc1ccc(CN2C(=O)CO[C@H](c3cccc(SC)c3C)c3cc(Br)ccc32)c(OC)c1. The third-order valence-corrected chi connectivity index (χ3v) is 7.26. The smallest absolute Gasteiger partial charge is 0.253 e. The van der Waals surface area contributed by atoms with Gasteiger partial charge in [-0.25, -0.2) is 0 Å². The first kappa shape index (κ1) is 23.7. The number of carbonyl (C=O) groups is 1. The minimum Gasteiger partial charge on any atom is -0.497 e. The van der Waals surface area contributed by atoms with E-state index in [4.69, 9.17) is 14.2 Å². The van der Waals surface area contributed by atoms with Gasteiger partial charge in [-0.15, -0.1) is 11.8 Å². The molecule has 33 heavy (non-hydrogen) atoms. The number of halogens is 1. The lowest BCUT2D eigenvalue weighted by Crippen LogP contribution is -2.32. The lowest BCUT2D eigenvalue weighted by Gasteiger charge is -2.25. The summed E-state index contributed by atoms with van der Waals surface area (Å²) in [7, 11) is 3.24. The minimum atomic E-state index is -0.351. The lowest BCUT2D eigenvalue weighted by atomic mass is 9.95. The van der Waals surface area contributed by atoms with Crippen molar-refractivity contribution >= 4 is 39.3 Å². The molecule has 0 bridgehead atoms. The third kappa shape index (κ3) is 4.76. The molecule has 0 saturated carbocycles. The van der Waals surface area contributed by atoms with Crippen LogP contribution in [-0.2, 0) is 16.1 Å². The van der Waals surface area contributed by atoms with Crippen molar-refractivity contribution in [3.8, 4) is 11.5 Å². The lowest BCUT2D eigenvalue weighted by molar-refractivity contribution is -0.123. The van der Waals surface area contributed by atoms with E-state index in [-0.39, 0.29) is 18.6 Å². The maximum absolute atomic E-state index is 13.3. The van der Waals surface area contributed by atoms with Crippen LogP contribution in [0.4, 0.5) is 5.69 Å². The van der Waals surface area contributed by atoms with Gasteiger partial charge in [-0.05, 0) is 60.7 Å². The van der Waals surface area contributed by atoms with Gasteiger partial charge in [0.2, 0.25) is 0 Å². The van der Waals surface area contributed by atoms with Gasteiger partial charge in [0, 0.05) is 26.6 Å².